The van der Waals surface area contributed by atoms with Crippen LogP contribution in [0.25, 0.3) is 10.8 Å². The van der Waals surface area contributed by atoms with Crippen molar-refractivity contribution in [2.75, 3.05) is 6.54 Å². The number of benzene rings is 2. The third-order valence-electron chi connectivity index (χ3n) is 5.39. The van der Waals surface area contributed by atoms with Crippen molar-refractivity contribution < 1.29 is 14.5 Å². The van der Waals surface area contributed by atoms with Crippen LogP contribution in [0.1, 0.15) is 52.0 Å². The molecule has 1 aliphatic rings. The van der Waals surface area contributed by atoms with Gasteiger partial charge in [0.1, 0.15) is 6.54 Å². The Labute approximate surface area is 166 Å². The summed E-state index contributed by atoms with van der Waals surface area (Å²) in [6.07, 6.45) is 2.77. The number of carboxylic acids is 1. The molecule has 0 unspecified atom stereocenters. The molecule has 0 saturated heterocycles. The maximum atomic E-state index is 10.5. The monoisotopic (exact) mass is 451 g/mol. The van der Waals surface area contributed by atoms with E-state index in [0.29, 0.717) is 6.42 Å². The van der Waals surface area contributed by atoms with E-state index in [9.17, 15) is 9.90 Å². The lowest BCUT2D eigenvalue weighted by Crippen LogP contribution is -2.27. The molecule has 0 bridgehead atoms. The fraction of sp³-hybridized carbons (Fsp3) is 0.429. The van der Waals surface area contributed by atoms with Crippen LogP contribution < -0.4 is 5.11 Å². The lowest BCUT2D eigenvalue weighted by atomic mass is 9.80. The van der Waals surface area contributed by atoms with Crippen LogP contribution in [0.4, 0.5) is 5.69 Å². The van der Waals surface area contributed by atoms with Crippen LogP contribution >= 0.6 is 24.0 Å². The van der Waals surface area contributed by atoms with Gasteiger partial charge in [-0.05, 0) is 49.9 Å². The first kappa shape index (κ1) is 19.9. The quantitative estimate of drug-likeness (QED) is 0.376. The van der Waals surface area contributed by atoms with E-state index in [1.54, 1.807) is 0 Å². The summed E-state index contributed by atoms with van der Waals surface area (Å²) in [5.41, 5.74) is 4.10. The van der Waals surface area contributed by atoms with E-state index in [0.717, 1.165) is 19.4 Å². The van der Waals surface area contributed by atoms with Gasteiger partial charge in [-0.15, -0.1) is 24.0 Å². The van der Waals surface area contributed by atoms with Crippen molar-refractivity contribution in [3.8, 4) is 0 Å². The molecule has 0 aromatic heterocycles. The third-order valence-corrected chi connectivity index (χ3v) is 5.39. The smallest absolute Gasteiger partial charge is 0.210 e. The molecule has 1 aliphatic heterocycles. The van der Waals surface area contributed by atoms with Gasteiger partial charge in [-0.2, -0.15) is 4.58 Å². The Morgan fingerprint density at radius 2 is 1.80 bits per heavy atom. The zero-order chi connectivity index (χ0) is 17.3. The van der Waals surface area contributed by atoms with Crippen LogP contribution in [0.5, 0.6) is 0 Å². The van der Waals surface area contributed by atoms with Crippen LogP contribution in [0.2, 0.25) is 0 Å². The lowest BCUT2D eigenvalue weighted by Gasteiger charge is -2.17. The molecule has 0 radical (unpaired) electrons. The number of rotatable bonds is 6. The van der Waals surface area contributed by atoms with E-state index in [4.69, 9.17) is 0 Å². The first-order valence-corrected chi connectivity index (χ1v) is 8.76. The molecular weight excluding hydrogens is 425 g/mol. The normalized spacial score (nSPS) is 15.2. The molecule has 2 aromatic carbocycles. The number of halogens is 1. The van der Waals surface area contributed by atoms with Gasteiger partial charge in [0.2, 0.25) is 5.69 Å². The van der Waals surface area contributed by atoms with E-state index in [2.05, 4.69) is 61.7 Å². The number of hydrogen-bond donors (Lipinski definition) is 0. The molecule has 0 amide bonds. The number of fused-ring (bicyclic) bond motifs is 3. The number of unbranched alkanes of at least 4 members (excludes halogenated alkanes) is 2. The van der Waals surface area contributed by atoms with E-state index in [1.165, 1.54) is 27.7 Å². The summed E-state index contributed by atoms with van der Waals surface area (Å²) in [5, 5.41) is 13.1. The molecule has 0 N–H and O–H groups in total. The average Bonchev–Trinajstić information content (AvgIpc) is 2.75. The van der Waals surface area contributed by atoms with Crippen LogP contribution in [0, 0.1) is 0 Å². The van der Waals surface area contributed by atoms with Crippen LogP contribution in [-0.4, -0.2) is 22.8 Å². The van der Waals surface area contributed by atoms with E-state index in [1.807, 2.05) is 0 Å². The van der Waals surface area contributed by atoms with Gasteiger partial charge in [0, 0.05) is 30.9 Å². The van der Waals surface area contributed by atoms with Crippen molar-refractivity contribution in [1.82, 2.24) is 0 Å². The lowest BCUT2D eigenvalue weighted by molar-refractivity contribution is -0.439. The zero-order valence-electron chi connectivity index (χ0n) is 15.2. The Morgan fingerprint density at radius 1 is 1.08 bits per heavy atom. The van der Waals surface area contributed by atoms with Crippen molar-refractivity contribution in [2.24, 2.45) is 0 Å². The maximum Gasteiger partial charge on any atom is 0.210 e. The zero-order valence-corrected chi connectivity index (χ0v) is 17.5. The second-order valence-electron chi connectivity index (χ2n) is 7.23. The van der Waals surface area contributed by atoms with Gasteiger partial charge >= 0.3 is 0 Å². The highest BCUT2D eigenvalue weighted by Gasteiger charge is 2.43. The minimum absolute atomic E-state index is 0. The number of aliphatic carboxylic acids is 1. The highest BCUT2D eigenvalue weighted by molar-refractivity contribution is 14.0. The van der Waals surface area contributed by atoms with Gasteiger partial charge in [-0.3, -0.25) is 0 Å². The molecule has 0 atom stereocenters. The van der Waals surface area contributed by atoms with Crippen molar-refractivity contribution >= 4 is 52.1 Å². The standard InChI is InChI=1S/C21H25NO2.HI/c1-15-21(2,3)20-17-10-7-6-9-16(17)12-13-18(20)22(15)14-8-4-5-11-19(23)24;/h6-7,9-10,12-13H,4-5,8,11,14H2,1-3H3;1H. The molecule has 4 heteroatoms. The van der Waals surface area contributed by atoms with E-state index < -0.39 is 5.97 Å². The Morgan fingerprint density at radius 3 is 2.52 bits per heavy atom. The summed E-state index contributed by atoms with van der Waals surface area (Å²) >= 11 is 0. The summed E-state index contributed by atoms with van der Waals surface area (Å²) in [7, 11) is 0. The third kappa shape index (κ3) is 3.73. The SMILES string of the molecule is CC1=[N+](CCCCCC(=O)[O-])c2ccc3ccccc3c2C1(C)C.I. The van der Waals surface area contributed by atoms with Crippen molar-refractivity contribution in [3.63, 3.8) is 0 Å². The van der Waals surface area contributed by atoms with Gasteiger partial charge in [-0.25, -0.2) is 0 Å². The molecule has 3 rings (SSSR count). The highest BCUT2D eigenvalue weighted by atomic mass is 127. The molecule has 0 saturated carbocycles. The van der Waals surface area contributed by atoms with Gasteiger partial charge in [0.15, 0.2) is 5.71 Å². The van der Waals surface area contributed by atoms with Crippen molar-refractivity contribution in [3.05, 3.63) is 42.0 Å². The molecule has 0 fully saturated rings. The van der Waals surface area contributed by atoms with Gasteiger partial charge in [0.05, 0.1) is 5.41 Å². The van der Waals surface area contributed by atoms with Crippen molar-refractivity contribution in [1.29, 1.82) is 0 Å². The number of carbonyl (C=O) groups is 1. The van der Waals surface area contributed by atoms with E-state index >= 15 is 0 Å². The van der Waals surface area contributed by atoms with Gasteiger partial charge in [0.25, 0.3) is 0 Å². The molecule has 2 aromatic rings. The van der Waals surface area contributed by atoms with Crippen molar-refractivity contribution in [2.45, 2.75) is 51.9 Å². The minimum Gasteiger partial charge on any atom is -0.550 e. The predicted octanol–water partition coefficient (Wildman–Crippen LogP) is 4.16. The summed E-state index contributed by atoms with van der Waals surface area (Å²) in [4.78, 5) is 10.5. The fourth-order valence-corrected chi connectivity index (χ4v) is 3.84. The second kappa shape index (κ2) is 7.85. The molecule has 134 valence electrons. The Bertz CT molecular complexity index is 824. The molecule has 0 aliphatic carbocycles. The second-order valence-corrected chi connectivity index (χ2v) is 7.23. The highest BCUT2D eigenvalue weighted by Crippen LogP contribution is 2.43. The first-order chi connectivity index (χ1) is 11.4. The number of carboxylic acid groups (broad SMARTS) is 1. The summed E-state index contributed by atoms with van der Waals surface area (Å²) < 4.78 is 2.42. The summed E-state index contributed by atoms with van der Waals surface area (Å²) in [5.74, 6) is -0.947. The Balaban J connectivity index is 0.00000225. The molecular formula is C21H26INO2. The minimum atomic E-state index is -0.947. The Hall–Kier alpha value is -1.43. The van der Waals surface area contributed by atoms with Crippen LogP contribution in [-0.2, 0) is 10.2 Å². The largest absolute Gasteiger partial charge is 0.550 e. The molecule has 3 nitrogen and oxygen atoms in total. The fourth-order valence-electron chi connectivity index (χ4n) is 3.84. The topological polar surface area (TPSA) is 43.1 Å². The molecule has 0 spiro atoms. The summed E-state index contributed by atoms with van der Waals surface area (Å²) in [6, 6.07) is 13.0. The maximum absolute atomic E-state index is 10.5. The van der Waals surface area contributed by atoms with Gasteiger partial charge < -0.3 is 9.90 Å². The molecule has 25 heavy (non-hydrogen) atoms. The first-order valence-electron chi connectivity index (χ1n) is 8.76. The number of carbonyl (C=O) groups excluding carboxylic acids is 1. The Kier molecular flexibility index (Phi) is 6.25. The number of nitrogens with zero attached hydrogens (tertiary/aromatic N) is 1. The van der Waals surface area contributed by atoms with E-state index in [-0.39, 0.29) is 35.8 Å². The van der Waals surface area contributed by atoms with Crippen LogP contribution in [0.3, 0.4) is 0 Å². The predicted molar refractivity (Wildman–Crippen MR) is 111 cm³/mol. The average molecular weight is 451 g/mol. The van der Waals surface area contributed by atoms with Crippen LogP contribution in [0.15, 0.2) is 36.4 Å². The molecule has 1 heterocycles. The summed E-state index contributed by atoms with van der Waals surface area (Å²) in [6.45, 7) is 7.75. The number of hydrogen-bond acceptors (Lipinski definition) is 2. The van der Waals surface area contributed by atoms with Gasteiger partial charge in [-0.1, -0.05) is 24.3 Å².